The molecule has 0 aliphatic carbocycles. The first-order valence-electron chi connectivity index (χ1n) is 6.37. The van der Waals surface area contributed by atoms with Crippen molar-refractivity contribution in [3.05, 3.63) is 52.7 Å². The van der Waals surface area contributed by atoms with E-state index in [-0.39, 0.29) is 11.6 Å². The van der Waals surface area contributed by atoms with Crippen molar-refractivity contribution in [3.8, 4) is 0 Å². The highest BCUT2D eigenvalue weighted by Gasteiger charge is 2.17. The summed E-state index contributed by atoms with van der Waals surface area (Å²) in [5, 5.41) is 3.80. The van der Waals surface area contributed by atoms with Crippen molar-refractivity contribution in [1.29, 1.82) is 0 Å². The second kappa shape index (κ2) is 6.45. The van der Waals surface area contributed by atoms with E-state index in [1.165, 1.54) is 19.4 Å². The SMILES string of the molecule is COC(=O)c1cc(N)cnc1NC(C)c1ccccc1Cl. The fourth-order valence-corrected chi connectivity index (χ4v) is 2.27. The first kappa shape index (κ1) is 15.1. The summed E-state index contributed by atoms with van der Waals surface area (Å²) in [5.41, 5.74) is 7.26. The summed E-state index contributed by atoms with van der Waals surface area (Å²) in [6.45, 7) is 1.93. The maximum absolute atomic E-state index is 11.8. The number of methoxy groups -OCH3 is 1. The van der Waals surface area contributed by atoms with Gasteiger partial charge >= 0.3 is 5.97 Å². The fourth-order valence-electron chi connectivity index (χ4n) is 1.97. The number of ether oxygens (including phenoxy) is 1. The van der Waals surface area contributed by atoms with E-state index in [4.69, 9.17) is 22.1 Å². The molecule has 0 aliphatic heterocycles. The Morgan fingerprint density at radius 1 is 1.43 bits per heavy atom. The number of pyridine rings is 1. The molecule has 2 rings (SSSR count). The van der Waals surface area contributed by atoms with Gasteiger partial charge in [0, 0.05) is 5.02 Å². The van der Waals surface area contributed by atoms with Gasteiger partial charge in [0.1, 0.15) is 11.4 Å². The van der Waals surface area contributed by atoms with Crippen molar-refractivity contribution >= 4 is 29.1 Å². The van der Waals surface area contributed by atoms with E-state index in [1.807, 2.05) is 31.2 Å². The molecule has 1 heterocycles. The van der Waals surface area contributed by atoms with Gasteiger partial charge in [-0.05, 0) is 24.6 Å². The lowest BCUT2D eigenvalue weighted by molar-refractivity contribution is 0.0601. The number of esters is 1. The molecule has 5 nitrogen and oxygen atoms in total. The summed E-state index contributed by atoms with van der Waals surface area (Å²) in [7, 11) is 1.31. The van der Waals surface area contributed by atoms with Crippen LogP contribution in [-0.4, -0.2) is 18.1 Å². The maximum Gasteiger partial charge on any atom is 0.341 e. The maximum atomic E-state index is 11.8. The first-order chi connectivity index (χ1) is 10.0. The van der Waals surface area contributed by atoms with Crippen LogP contribution < -0.4 is 11.1 Å². The van der Waals surface area contributed by atoms with Crippen LogP contribution in [0.25, 0.3) is 0 Å². The molecule has 1 unspecified atom stereocenters. The van der Waals surface area contributed by atoms with Gasteiger partial charge in [-0.25, -0.2) is 9.78 Å². The average Bonchev–Trinajstić information content (AvgIpc) is 2.48. The van der Waals surface area contributed by atoms with Crippen molar-refractivity contribution < 1.29 is 9.53 Å². The van der Waals surface area contributed by atoms with Crippen LogP contribution >= 0.6 is 11.6 Å². The van der Waals surface area contributed by atoms with E-state index >= 15 is 0 Å². The normalized spacial score (nSPS) is 11.8. The molecule has 110 valence electrons. The average molecular weight is 306 g/mol. The number of nitrogens with one attached hydrogen (secondary N) is 1. The van der Waals surface area contributed by atoms with Crippen molar-refractivity contribution in [1.82, 2.24) is 4.98 Å². The number of carbonyl (C=O) groups is 1. The Hall–Kier alpha value is -2.27. The minimum absolute atomic E-state index is 0.127. The molecular formula is C15H16ClN3O2. The van der Waals surface area contributed by atoms with E-state index in [9.17, 15) is 4.79 Å². The number of nitrogen functional groups attached to an aromatic ring is 1. The Balaban J connectivity index is 2.31. The highest BCUT2D eigenvalue weighted by Crippen LogP contribution is 2.27. The number of aromatic nitrogens is 1. The van der Waals surface area contributed by atoms with E-state index in [2.05, 4.69) is 10.3 Å². The molecule has 0 aliphatic rings. The highest BCUT2D eigenvalue weighted by molar-refractivity contribution is 6.31. The third-order valence-corrected chi connectivity index (χ3v) is 3.38. The van der Waals surface area contributed by atoms with Gasteiger partial charge in [0.25, 0.3) is 0 Å². The van der Waals surface area contributed by atoms with E-state index in [0.717, 1.165) is 5.56 Å². The van der Waals surface area contributed by atoms with Gasteiger partial charge in [-0.15, -0.1) is 0 Å². The molecule has 0 saturated carbocycles. The minimum atomic E-state index is -0.497. The second-order valence-electron chi connectivity index (χ2n) is 4.54. The van der Waals surface area contributed by atoms with Gasteiger partial charge in [-0.2, -0.15) is 0 Å². The molecular weight excluding hydrogens is 290 g/mol. The molecule has 6 heteroatoms. The number of nitrogens with two attached hydrogens (primary N) is 1. The molecule has 21 heavy (non-hydrogen) atoms. The third kappa shape index (κ3) is 3.44. The standard InChI is InChI=1S/C15H16ClN3O2/c1-9(11-5-3-4-6-13(11)16)19-14-12(15(20)21-2)7-10(17)8-18-14/h3-9H,17H2,1-2H3,(H,18,19). The summed E-state index contributed by atoms with van der Waals surface area (Å²) in [5.74, 6) is -0.0906. The number of halogens is 1. The van der Waals surface area contributed by atoms with Crippen LogP contribution in [-0.2, 0) is 4.74 Å². The zero-order valence-corrected chi connectivity index (χ0v) is 12.5. The van der Waals surface area contributed by atoms with Gasteiger partial charge in [0.05, 0.1) is 25.0 Å². The van der Waals surface area contributed by atoms with Crippen molar-refractivity contribution in [2.45, 2.75) is 13.0 Å². The second-order valence-corrected chi connectivity index (χ2v) is 4.95. The van der Waals surface area contributed by atoms with Crippen LogP contribution in [0.2, 0.25) is 5.02 Å². The molecule has 3 N–H and O–H groups in total. The topological polar surface area (TPSA) is 77.2 Å². The van der Waals surface area contributed by atoms with Gasteiger partial charge in [-0.3, -0.25) is 0 Å². The predicted molar refractivity (Wildman–Crippen MR) is 83.5 cm³/mol. The van der Waals surface area contributed by atoms with E-state index in [0.29, 0.717) is 16.5 Å². The summed E-state index contributed by atoms with van der Waals surface area (Å²) >= 11 is 6.17. The fraction of sp³-hybridized carbons (Fsp3) is 0.200. The van der Waals surface area contributed by atoms with Crippen molar-refractivity contribution in [2.75, 3.05) is 18.2 Å². The largest absolute Gasteiger partial charge is 0.465 e. The van der Waals surface area contributed by atoms with Crippen LogP contribution in [0.4, 0.5) is 11.5 Å². The van der Waals surface area contributed by atoms with Gasteiger partial charge < -0.3 is 15.8 Å². The van der Waals surface area contributed by atoms with Crippen LogP contribution in [0.5, 0.6) is 0 Å². The Bertz CT molecular complexity index is 661. The van der Waals surface area contributed by atoms with E-state index < -0.39 is 5.97 Å². The van der Waals surface area contributed by atoms with Gasteiger partial charge in [-0.1, -0.05) is 29.8 Å². The number of hydrogen-bond acceptors (Lipinski definition) is 5. The lowest BCUT2D eigenvalue weighted by Crippen LogP contribution is -2.14. The minimum Gasteiger partial charge on any atom is -0.465 e. The summed E-state index contributed by atoms with van der Waals surface area (Å²) in [6, 6.07) is 8.89. The number of benzene rings is 1. The first-order valence-corrected chi connectivity index (χ1v) is 6.75. The molecule has 0 bridgehead atoms. The lowest BCUT2D eigenvalue weighted by Gasteiger charge is -2.18. The van der Waals surface area contributed by atoms with Crippen LogP contribution in [0.1, 0.15) is 28.9 Å². The molecule has 0 fully saturated rings. The molecule has 0 spiro atoms. The van der Waals surface area contributed by atoms with Crippen LogP contribution in [0.15, 0.2) is 36.5 Å². The zero-order valence-electron chi connectivity index (χ0n) is 11.8. The quantitative estimate of drug-likeness (QED) is 0.848. The predicted octanol–water partition coefficient (Wildman–Crippen LogP) is 3.28. The molecule has 2 aromatic rings. The number of carbonyl (C=O) groups excluding carboxylic acids is 1. The Morgan fingerprint density at radius 2 is 2.14 bits per heavy atom. The Morgan fingerprint density at radius 3 is 2.81 bits per heavy atom. The molecule has 1 aromatic carbocycles. The summed E-state index contributed by atoms with van der Waals surface area (Å²) in [4.78, 5) is 15.9. The number of hydrogen-bond donors (Lipinski definition) is 2. The molecule has 1 atom stereocenters. The lowest BCUT2D eigenvalue weighted by atomic mass is 10.1. The third-order valence-electron chi connectivity index (χ3n) is 3.04. The summed E-state index contributed by atoms with van der Waals surface area (Å²) < 4.78 is 4.74. The number of anilines is 2. The Kier molecular flexibility index (Phi) is 4.65. The zero-order chi connectivity index (χ0) is 15.4. The molecule has 0 amide bonds. The van der Waals surface area contributed by atoms with Gasteiger partial charge in [0.2, 0.25) is 0 Å². The van der Waals surface area contributed by atoms with Gasteiger partial charge in [0.15, 0.2) is 0 Å². The molecule has 0 radical (unpaired) electrons. The van der Waals surface area contributed by atoms with Crippen LogP contribution in [0.3, 0.4) is 0 Å². The highest BCUT2D eigenvalue weighted by atomic mass is 35.5. The number of rotatable bonds is 4. The number of nitrogens with zero attached hydrogens (tertiary/aromatic N) is 1. The van der Waals surface area contributed by atoms with Crippen LogP contribution in [0, 0.1) is 0 Å². The Labute approximate surface area is 128 Å². The van der Waals surface area contributed by atoms with Crippen molar-refractivity contribution in [2.24, 2.45) is 0 Å². The van der Waals surface area contributed by atoms with E-state index in [1.54, 1.807) is 0 Å². The molecule has 0 saturated heterocycles. The summed E-state index contributed by atoms with van der Waals surface area (Å²) in [6.07, 6.45) is 1.48. The monoisotopic (exact) mass is 305 g/mol. The van der Waals surface area contributed by atoms with Crippen molar-refractivity contribution in [3.63, 3.8) is 0 Å². The smallest absolute Gasteiger partial charge is 0.341 e. The molecule has 1 aromatic heterocycles.